The molecule has 1 heterocycles. The van der Waals surface area contributed by atoms with E-state index in [1.165, 1.54) is 0 Å². The minimum Gasteiger partial charge on any atom is -0.364 e. The minimum absolute atomic E-state index is 0.186. The van der Waals surface area contributed by atoms with Crippen molar-refractivity contribution < 1.29 is 31.7 Å². The zero-order chi connectivity index (χ0) is 15.0. The SMILES string of the molecule is NC(=O)c1nc(C(F)F)c([N+](=O)[O-])cc1C(F)(F)F. The Morgan fingerprint density at radius 3 is 2.26 bits per heavy atom. The fourth-order valence-corrected chi connectivity index (χ4v) is 1.23. The first-order valence-corrected chi connectivity index (χ1v) is 4.40. The van der Waals surface area contributed by atoms with Gasteiger partial charge in [-0.05, 0) is 0 Å². The second-order valence-electron chi connectivity index (χ2n) is 3.21. The largest absolute Gasteiger partial charge is 0.418 e. The number of carbonyl (C=O) groups is 1. The molecule has 1 amide bonds. The molecule has 19 heavy (non-hydrogen) atoms. The molecule has 11 heteroatoms. The summed E-state index contributed by atoms with van der Waals surface area (Å²) in [5.74, 6) is -1.72. The van der Waals surface area contributed by atoms with Crippen molar-refractivity contribution in [2.24, 2.45) is 5.73 Å². The molecule has 0 aromatic carbocycles. The van der Waals surface area contributed by atoms with Gasteiger partial charge in [0.25, 0.3) is 18.0 Å². The normalized spacial score (nSPS) is 11.7. The number of alkyl halides is 5. The molecule has 0 aliphatic heterocycles. The maximum absolute atomic E-state index is 12.5. The topological polar surface area (TPSA) is 99.1 Å². The van der Waals surface area contributed by atoms with Crippen molar-refractivity contribution in [3.05, 3.63) is 33.1 Å². The van der Waals surface area contributed by atoms with Crippen molar-refractivity contribution in [1.82, 2.24) is 4.98 Å². The van der Waals surface area contributed by atoms with Gasteiger partial charge in [-0.15, -0.1) is 0 Å². The van der Waals surface area contributed by atoms with Crippen LogP contribution in [0.3, 0.4) is 0 Å². The molecule has 0 aliphatic carbocycles. The van der Waals surface area contributed by atoms with E-state index >= 15 is 0 Å². The van der Waals surface area contributed by atoms with E-state index in [4.69, 9.17) is 0 Å². The standard InChI is InChI=1S/C8H4F5N3O3/c9-6(10)5-3(16(18)19)1-2(8(11,12)13)4(15-5)7(14)17/h1,6H,(H2,14,17). The van der Waals surface area contributed by atoms with Crippen LogP contribution in [-0.2, 0) is 6.18 Å². The van der Waals surface area contributed by atoms with Crippen LogP contribution in [0.25, 0.3) is 0 Å². The fourth-order valence-electron chi connectivity index (χ4n) is 1.23. The van der Waals surface area contributed by atoms with E-state index in [1.54, 1.807) is 0 Å². The first kappa shape index (κ1) is 14.7. The lowest BCUT2D eigenvalue weighted by atomic mass is 10.1. The number of rotatable bonds is 3. The van der Waals surface area contributed by atoms with Gasteiger partial charge in [0.05, 0.1) is 10.5 Å². The van der Waals surface area contributed by atoms with Crippen LogP contribution in [-0.4, -0.2) is 15.8 Å². The summed E-state index contributed by atoms with van der Waals surface area (Å²) in [6.07, 6.45) is -8.72. The predicted octanol–water partition coefficient (Wildman–Crippen LogP) is 2.05. The number of halogens is 5. The molecule has 0 unspecified atom stereocenters. The molecule has 0 aliphatic rings. The Bertz CT molecular complexity index is 543. The minimum atomic E-state index is -5.19. The van der Waals surface area contributed by atoms with Crippen LogP contribution >= 0.6 is 0 Å². The van der Waals surface area contributed by atoms with Crippen LogP contribution in [0.5, 0.6) is 0 Å². The number of aromatic nitrogens is 1. The van der Waals surface area contributed by atoms with Gasteiger partial charge in [0.15, 0.2) is 5.69 Å². The highest BCUT2D eigenvalue weighted by Crippen LogP contribution is 2.36. The summed E-state index contributed by atoms with van der Waals surface area (Å²) in [5, 5.41) is 10.4. The third kappa shape index (κ3) is 2.92. The quantitative estimate of drug-likeness (QED) is 0.521. The van der Waals surface area contributed by atoms with Crippen molar-refractivity contribution in [2.75, 3.05) is 0 Å². The third-order valence-electron chi connectivity index (χ3n) is 1.97. The Kier molecular flexibility index (Phi) is 3.68. The lowest BCUT2D eigenvalue weighted by molar-refractivity contribution is -0.386. The monoisotopic (exact) mass is 285 g/mol. The van der Waals surface area contributed by atoms with Crippen LogP contribution in [0.1, 0.15) is 28.2 Å². The number of nitrogens with zero attached hydrogens (tertiary/aromatic N) is 2. The average molecular weight is 285 g/mol. The Balaban J connectivity index is 3.70. The summed E-state index contributed by atoms with van der Waals surface area (Å²) < 4.78 is 62.5. The fraction of sp³-hybridized carbons (Fsp3) is 0.250. The van der Waals surface area contributed by atoms with E-state index in [2.05, 4.69) is 10.7 Å². The van der Waals surface area contributed by atoms with Crippen LogP contribution in [0.2, 0.25) is 0 Å². The predicted molar refractivity (Wildman–Crippen MR) is 49.4 cm³/mol. The molecule has 0 atom stereocenters. The molecule has 0 bridgehead atoms. The van der Waals surface area contributed by atoms with Crippen molar-refractivity contribution in [1.29, 1.82) is 0 Å². The van der Waals surface area contributed by atoms with E-state index < -0.39 is 46.1 Å². The maximum atomic E-state index is 12.5. The third-order valence-corrected chi connectivity index (χ3v) is 1.97. The molecule has 1 aromatic heterocycles. The number of nitrogens with two attached hydrogens (primary N) is 1. The number of hydrogen-bond acceptors (Lipinski definition) is 4. The van der Waals surface area contributed by atoms with Crippen LogP contribution < -0.4 is 5.73 Å². The highest BCUT2D eigenvalue weighted by Gasteiger charge is 2.40. The van der Waals surface area contributed by atoms with E-state index in [9.17, 15) is 36.9 Å². The van der Waals surface area contributed by atoms with Gasteiger partial charge in [0.1, 0.15) is 5.69 Å². The molecule has 104 valence electrons. The first-order chi connectivity index (χ1) is 8.55. The van der Waals surface area contributed by atoms with Gasteiger partial charge in [-0.3, -0.25) is 14.9 Å². The Morgan fingerprint density at radius 2 is 1.95 bits per heavy atom. The molecule has 1 aromatic rings. The number of primary amides is 1. The summed E-state index contributed by atoms with van der Waals surface area (Å²) in [5.41, 5.74) is -1.82. The van der Waals surface area contributed by atoms with Gasteiger partial charge in [-0.25, -0.2) is 13.8 Å². The molecule has 2 N–H and O–H groups in total. The molecule has 1 rings (SSSR count). The van der Waals surface area contributed by atoms with Gasteiger partial charge in [-0.2, -0.15) is 13.2 Å². The van der Waals surface area contributed by atoms with E-state index in [0.717, 1.165) is 0 Å². The summed E-state index contributed by atoms with van der Waals surface area (Å²) in [6, 6.07) is -0.186. The second-order valence-corrected chi connectivity index (χ2v) is 3.21. The lowest BCUT2D eigenvalue weighted by Gasteiger charge is -2.11. The van der Waals surface area contributed by atoms with Gasteiger partial charge < -0.3 is 5.73 Å². The van der Waals surface area contributed by atoms with Gasteiger partial charge in [0.2, 0.25) is 0 Å². The van der Waals surface area contributed by atoms with Crippen molar-refractivity contribution >= 4 is 11.6 Å². The zero-order valence-electron chi connectivity index (χ0n) is 8.74. The number of hydrogen-bond donors (Lipinski definition) is 1. The summed E-state index contributed by atoms with van der Waals surface area (Å²) in [7, 11) is 0. The average Bonchev–Trinajstić information content (AvgIpc) is 2.25. The zero-order valence-corrected chi connectivity index (χ0v) is 8.74. The van der Waals surface area contributed by atoms with Gasteiger partial charge in [-0.1, -0.05) is 0 Å². The highest BCUT2D eigenvalue weighted by atomic mass is 19.4. The number of amides is 1. The molecule has 0 radical (unpaired) electrons. The van der Waals surface area contributed by atoms with Gasteiger partial charge in [0, 0.05) is 6.07 Å². The molecule has 0 saturated carbocycles. The van der Waals surface area contributed by atoms with E-state index in [0.29, 0.717) is 0 Å². The molecule has 0 saturated heterocycles. The first-order valence-electron chi connectivity index (χ1n) is 4.40. The molecule has 6 nitrogen and oxygen atoms in total. The van der Waals surface area contributed by atoms with Crippen LogP contribution in [0.4, 0.5) is 27.6 Å². The number of nitro groups is 1. The van der Waals surface area contributed by atoms with Crippen molar-refractivity contribution in [2.45, 2.75) is 12.6 Å². The Hall–Kier alpha value is -2.33. The molecular formula is C8H4F5N3O3. The van der Waals surface area contributed by atoms with E-state index in [-0.39, 0.29) is 6.07 Å². The van der Waals surface area contributed by atoms with Crippen molar-refractivity contribution in [3.63, 3.8) is 0 Å². The number of carbonyl (C=O) groups excluding carboxylic acids is 1. The summed E-state index contributed by atoms with van der Waals surface area (Å²) in [6.45, 7) is 0. The smallest absolute Gasteiger partial charge is 0.364 e. The second kappa shape index (κ2) is 4.74. The van der Waals surface area contributed by atoms with Crippen LogP contribution in [0, 0.1) is 10.1 Å². The molecular weight excluding hydrogens is 281 g/mol. The molecule has 0 fully saturated rings. The lowest BCUT2D eigenvalue weighted by Crippen LogP contribution is -2.22. The molecule has 0 spiro atoms. The van der Waals surface area contributed by atoms with Crippen molar-refractivity contribution in [3.8, 4) is 0 Å². The van der Waals surface area contributed by atoms with Gasteiger partial charge >= 0.3 is 6.18 Å². The summed E-state index contributed by atoms with van der Waals surface area (Å²) >= 11 is 0. The summed E-state index contributed by atoms with van der Waals surface area (Å²) in [4.78, 5) is 22.4. The Morgan fingerprint density at radius 1 is 1.42 bits per heavy atom. The van der Waals surface area contributed by atoms with Crippen LogP contribution in [0.15, 0.2) is 6.07 Å². The Labute approximate surface area is 101 Å². The highest BCUT2D eigenvalue weighted by molar-refractivity contribution is 5.92. The maximum Gasteiger partial charge on any atom is 0.418 e. The van der Waals surface area contributed by atoms with E-state index in [1.807, 2.05) is 0 Å². The number of pyridine rings is 1.